The molecule has 2 saturated heterocycles. The van der Waals surface area contributed by atoms with E-state index in [-0.39, 0.29) is 29.2 Å². The molecule has 2 amide bonds. The second-order valence-electron chi connectivity index (χ2n) is 9.68. The summed E-state index contributed by atoms with van der Waals surface area (Å²) in [6.45, 7) is 3.18. The third kappa shape index (κ3) is 4.36. The fourth-order valence-corrected chi connectivity index (χ4v) is 5.63. The standard InChI is InChI=1S/C29H29F2N3O4/c1-17-8-4-5-10-19(17)26-20(11-6-12-32-26)28(35)33-15-18-9-7-13-34(22(18)16-33)29(36)21-14-23(37-2)25(31)27(38-3)24(21)30/h4-6,8,10-12,14,18,22H,7,9,13,15-16H2,1-3H3/t18-,22+/m1/s1. The van der Waals surface area contributed by atoms with Gasteiger partial charge in [-0.1, -0.05) is 24.3 Å². The van der Waals surface area contributed by atoms with Gasteiger partial charge in [0.25, 0.3) is 11.8 Å². The van der Waals surface area contributed by atoms with E-state index in [4.69, 9.17) is 9.47 Å². The second-order valence-corrected chi connectivity index (χ2v) is 9.68. The summed E-state index contributed by atoms with van der Waals surface area (Å²) in [5, 5.41) is 0. The Kier molecular flexibility index (Phi) is 7.01. The number of carbonyl (C=O) groups is 2. The minimum absolute atomic E-state index is 0.0440. The predicted molar refractivity (Wildman–Crippen MR) is 137 cm³/mol. The molecular weight excluding hydrogens is 492 g/mol. The van der Waals surface area contributed by atoms with E-state index in [1.807, 2.05) is 31.2 Å². The molecule has 9 heteroatoms. The summed E-state index contributed by atoms with van der Waals surface area (Å²) >= 11 is 0. The van der Waals surface area contributed by atoms with E-state index in [0.29, 0.717) is 37.3 Å². The topological polar surface area (TPSA) is 72.0 Å². The minimum atomic E-state index is -1.07. The van der Waals surface area contributed by atoms with Crippen molar-refractivity contribution in [2.24, 2.45) is 5.92 Å². The SMILES string of the molecule is COc1cc(C(=O)N2CCC[C@@H]3CN(C(=O)c4cccnc4-c4ccccc4C)C[C@@H]32)c(F)c(OC)c1F. The van der Waals surface area contributed by atoms with Gasteiger partial charge in [-0.05, 0) is 49.4 Å². The van der Waals surface area contributed by atoms with Gasteiger partial charge >= 0.3 is 0 Å². The van der Waals surface area contributed by atoms with Crippen molar-refractivity contribution < 1.29 is 27.8 Å². The fourth-order valence-electron chi connectivity index (χ4n) is 5.63. The first-order valence-electron chi connectivity index (χ1n) is 12.6. The van der Waals surface area contributed by atoms with Crippen molar-refractivity contribution in [1.29, 1.82) is 0 Å². The van der Waals surface area contributed by atoms with Crippen LogP contribution in [0.15, 0.2) is 48.7 Å². The van der Waals surface area contributed by atoms with Crippen LogP contribution < -0.4 is 9.47 Å². The van der Waals surface area contributed by atoms with E-state index < -0.39 is 23.3 Å². The molecular formula is C29H29F2N3O4. The van der Waals surface area contributed by atoms with Crippen LogP contribution >= 0.6 is 0 Å². The summed E-state index contributed by atoms with van der Waals surface area (Å²) in [5.41, 5.74) is 2.70. The van der Waals surface area contributed by atoms with Crippen molar-refractivity contribution in [2.45, 2.75) is 25.8 Å². The zero-order valence-corrected chi connectivity index (χ0v) is 21.5. The Morgan fingerprint density at radius 2 is 1.76 bits per heavy atom. The molecule has 0 N–H and O–H groups in total. The fraction of sp³-hybridized carbons (Fsp3) is 0.345. The Morgan fingerprint density at radius 3 is 2.50 bits per heavy atom. The third-order valence-electron chi connectivity index (χ3n) is 7.55. The number of hydrogen-bond acceptors (Lipinski definition) is 5. The van der Waals surface area contributed by atoms with Crippen LogP contribution in [0, 0.1) is 24.5 Å². The number of nitrogens with zero attached hydrogens (tertiary/aromatic N) is 3. The van der Waals surface area contributed by atoms with Gasteiger partial charge in [0.1, 0.15) is 0 Å². The molecule has 3 heterocycles. The van der Waals surface area contributed by atoms with E-state index in [1.54, 1.807) is 28.1 Å². The first-order chi connectivity index (χ1) is 18.3. The summed E-state index contributed by atoms with van der Waals surface area (Å²) < 4.78 is 39.5. The van der Waals surface area contributed by atoms with Crippen LogP contribution in [0.2, 0.25) is 0 Å². The number of benzene rings is 2. The lowest BCUT2D eigenvalue weighted by Gasteiger charge is -2.37. The van der Waals surface area contributed by atoms with Crippen LogP contribution in [-0.4, -0.2) is 66.5 Å². The van der Waals surface area contributed by atoms with E-state index in [2.05, 4.69) is 4.98 Å². The lowest BCUT2D eigenvalue weighted by Crippen LogP contribution is -2.48. The van der Waals surface area contributed by atoms with Gasteiger partial charge < -0.3 is 19.3 Å². The zero-order chi connectivity index (χ0) is 27.0. The number of hydrogen-bond donors (Lipinski definition) is 0. The summed E-state index contributed by atoms with van der Waals surface area (Å²) in [7, 11) is 2.38. The van der Waals surface area contributed by atoms with Crippen molar-refractivity contribution in [3.63, 3.8) is 0 Å². The van der Waals surface area contributed by atoms with Gasteiger partial charge in [-0.25, -0.2) is 4.39 Å². The van der Waals surface area contributed by atoms with Crippen LogP contribution in [0.3, 0.4) is 0 Å². The molecule has 0 aliphatic carbocycles. The number of methoxy groups -OCH3 is 2. The third-order valence-corrected chi connectivity index (χ3v) is 7.55. The Balaban J connectivity index is 1.43. The molecule has 2 aliphatic heterocycles. The number of piperidine rings is 1. The van der Waals surface area contributed by atoms with Gasteiger partial charge in [-0.15, -0.1) is 0 Å². The normalized spacial score (nSPS) is 18.8. The van der Waals surface area contributed by atoms with Crippen LogP contribution in [0.25, 0.3) is 11.3 Å². The molecule has 1 aromatic heterocycles. The second kappa shape index (κ2) is 10.4. The first kappa shape index (κ1) is 25.6. The lowest BCUT2D eigenvalue weighted by atomic mass is 9.91. The summed E-state index contributed by atoms with van der Waals surface area (Å²) in [4.78, 5) is 35.2. The first-order valence-corrected chi connectivity index (χ1v) is 12.6. The van der Waals surface area contributed by atoms with Gasteiger partial charge in [-0.2, -0.15) is 4.39 Å². The summed E-state index contributed by atoms with van der Waals surface area (Å²) in [5.74, 6) is -3.70. The number of likely N-dealkylation sites (tertiary alicyclic amines) is 2. The molecule has 0 radical (unpaired) electrons. The average molecular weight is 522 g/mol. The minimum Gasteiger partial charge on any atom is -0.494 e. The molecule has 7 nitrogen and oxygen atoms in total. The van der Waals surface area contributed by atoms with Crippen molar-refractivity contribution in [2.75, 3.05) is 33.9 Å². The molecule has 2 atom stereocenters. The number of aromatic nitrogens is 1. The largest absolute Gasteiger partial charge is 0.494 e. The Bertz CT molecular complexity index is 1400. The van der Waals surface area contributed by atoms with Crippen molar-refractivity contribution in [3.8, 4) is 22.8 Å². The maximum absolute atomic E-state index is 15.1. The van der Waals surface area contributed by atoms with Gasteiger partial charge in [-0.3, -0.25) is 14.6 Å². The Hall–Kier alpha value is -4.01. The molecule has 2 aromatic carbocycles. The number of halogens is 2. The summed E-state index contributed by atoms with van der Waals surface area (Å²) in [6.07, 6.45) is 3.23. The highest BCUT2D eigenvalue weighted by atomic mass is 19.1. The van der Waals surface area contributed by atoms with E-state index in [9.17, 15) is 14.0 Å². The number of amides is 2. The number of carbonyl (C=O) groups excluding carboxylic acids is 2. The predicted octanol–water partition coefficient (Wildman–Crippen LogP) is 4.73. The van der Waals surface area contributed by atoms with Crippen LogP contribution in [-0.2, 0) is 0 Å². The van der Waals surface area contributed by atoms with E-state index >= 15 is 4.39 Å². The quantitative estimate of drug-likeness (QED) is 0.486. The van der Waals surface area contributed by atoms with Crippen LogP contribution in [0.4, 0.5) is 8.78 Å². The monoisotopic (exact) mass is 521 g/mol. The van der Waals surface area contributed by atoms with Gasteiger partial charge in [0.2, 0.25) is 5.82 Å². The molecule has 38 heavy (non-hydrogen) atoms. The number of pyridine rings is 1. The van der Waals surface area contributed by atoms with Gasteiger partial charge in [0.15, 0.2) is 17.3 Å². The summed E-state index contributed by atoms with van der Waals surface area (Å²) in [6, 6.07) is 12.1. The lowest BCUT2D eigenvalue weighted by molar-refractivity contribution is 0.0558. The highest BCUT2D eigenvalue weighted by molar-refractivity contribution is 6.00. The molecule has 3 aromatic rings. The van der Waals surface area contributed by atoms with Crippen LogP contribution in [0.5, 0.6) is 11.5 Å². The number of rotatable bonds is 5. The number of aryl methyl sites for hydroxylation is 1. The maximum Gasteiger partial charge on any atom is 0.257 e. The maximum atomic E-state index is 15.1. The van der Waals surface area contributed by atoms with Gasteiger partial charge in [0, 0.05) is 31.4 Å². The number of fused-ring (bicyclic) bond motifs is 1. The average Bonchev–Trinajstić information content (AvgIpc) is 3.38. The highest BCUT2D eigenvalue weighted by Gasteiger charge is 2.44. The molecule has 198 valence electrons. The van der Waals surface area contributed by atoms with Gasteiger partial charge in [0.05, 0.1) is 37.1 Å². The molecule has 0 spiro atoms. The Morgan fingerprint density at radius 1 is 0.974 bits per heavy atom. The van der Waals surface area contributed by atoms with Crippen molar-refractivity contribution in [1.82, 2.24) is 14.8 Å². The molecule has 2 fully saturated rings. The highest BCUT2D eigenvalue weighted by Crippen LogP contribution is 2.37. The van der Waals surface area contributed by atoms with Crippen LogP contribution in [0.1, 0.15) is 39.1 Å². The van der Waals surface area contributed by atoms with E-state index in [1.165, 1.54) is 7.11 Å². The van der Waals surface area contributed by atoms with Crippen molar-refractivity contribution in [3.05, 3.63) is 77.0 Å². The number of ether oxygens (including phenoxy) is 2. The molecule has 2 aliphatic rings. The molecule has 0 unspecified atom stereocenters. The molecule has 0 bridgehead atoms. The molecule has 5 rings (SSSR count). The van der Waals surface area contributed by atoms with Crippen molar-refractivity contribution >= 4 is 11.8 Å². The zero-order valence-electron chi connectivity index (χ0n) is 21.5. The van der Waals surface area contributed by atoms with E-state index in [0.717, 1.165) is 30.7 Å². The Labute approximate surface area is 220 Å². The molecule has 0 saturated carbocycles. The smallest absolute Gasteiger partial charge is 0.257 e.